The summed E-state index contributed by atoms with van der Waals surface area (Å²) in [5.74, 6) is 2.08. The first kappa shape index (κ1) is 14.2. The maximum Gasteiger partial charge on any atom is 0.135 e. The van der Waals surface area contributed by atoms with Crippen molar-refractivity contribution in [2.24, 2.45) is 0 Å². The summed E-state index contributed by atoms with van der Waals surface area (Å²) in [6, 6.07) is 6.54. The van der Waals surface area contributed by atoms with Crippen molar-refractivity contribution in [1.29, 1.82) is 0 Å². The summed E-state index contributed by atoms with van der Waals surface area (Å²) < 4.78 is 13.1. The molecule has 2 rings (SSSR count). The Balaban J connectivity index is 2.16. The van der Waals surface area contributed by atoms with Gasteiger partial charge in [0.1, 0.15) is 23.3 Å². The minimum absolute atomic E-state index is 0.228. The number of aryl methyl sites for hydroxylation is 1. The van der Waals surface area contributed by atoms with E-state index in [2.05, 4.69) is 20.6 Å². The van der Waals surface area contributed by atoms with E-state index in [4.69, 9.17) is 0 Å². The van der Waals surface area contributed by atoms with Crippen LogP contribution in [-0.2, 0) is 6.54 Å². The zero-order valence-electron chi connectivity index (χ0n) is 12.0. The van der Waals surface area contributed by atoms with E-state index < -0.39 is 0 Å². The second-order valence-electron chi connectivity index (χ2n) is 4.61. The fourth-order valence-electron chi connectivity index (χ4n) is 1.97. The first-order chi connectivity index (χ1) is 9.60. The predicted octanol–water partition coefficient (Wildman–Crippen LogP) is 3.28. The summed E-state index contributed by atoms with van der Waals surface area (Å²) in [5, 5.41) is 6.45. The van der Waals surface area contributed by atoms with E-state index in [1.165, 1.54) is 12.1 Å². The average molecular weight is 274 g/mol. The van der Waals surface area contributed by atoms with Crippen molar-refractivity contribution in [3.8, 4) is 0 Å². The van der Waals surface area contributed by atoms with Gasteiger partial charge in [-0.2, -0.15) is 0 Å². The van der Waals surface area contributed by atoms with E-state index in [1.807, 2.05) is 26.8 Å². The van der Waals surface area contributed by atoms with Crippen LogP contribution in [0.3, 0.4) is 0 Å². The van der Waals surface area contributed by atoms with E-state index >= 15 is 0 Å². The molecule has 0 unspecified atom stereocenters. The van der Waals surface area contributed by atoms with Crippen LogP contribution in [-0.4, -0.2) is 16.5 Å². The first-order valence-corrected chi connectivity index (χ1v) is 6.67. The van der Waals surface area contributed by atoms with Crippen LogP contribution in [0.15, 0.2) is 24.3 Å². The van der Waals surface area contributed by atoms with E-state index in [0.717, 1.165) is 29.3 Å². The summed E-state index contributed by atoms with van der Waals surface area (Å²) >= 11 is 0. The summed E-state index contributed by atoms with van der Waals surface area (Å²) in [5.41, 5.74) is 1.85. The second kappa shape index (κ2) is 6.32. The Morgan fingerprint density at radius 3 is 2.45 bits per heavy atom. The van der Waals surface area contributed by atoms with Gasteiger partial charge in [0, 0.05) is 18.7 Å². The topological polar surface area (TPSA) is 49.8 Å². The number of halogens is 1. The van der Waals surface area contributed by atoms with Crippen LogP contribution in [0.2, 0.25) is 0 Å². The van der Waals surface area contributed by atoms with Gasteiger partial charge in [-0.05, 0) is 38.5 Å². The van der Waals surface area contributed by atoms with E-state index in [0.29, 0.717) is 12.4 Å². The molecule has 0 fully saturated rings. The van der Waals surface area contributed by atoms with Gasteiger partial charge < -0.3 is 10.6 Å². The third kappa shape index (κ3) is 3.44. The molecule has 20 heavy (non-hydrogen) atoms. The standard InChI is InChI=1S/C15H19FN4/c1-4-17-14-10(2)15(20-11(3)19-14)18-9-12-6-5-7-13(16)8-12/h5-8H,4,9H2,1-3H3,(H2,17,18,19,20). The van der Waals surface area contributed by atoms with Crippen LogP contribution in [0.5, 0.6) is 0 Å². The molecule has 2 aromatic rings. The van der Waals surface area contributed by atoms with Gasteiger partial charge >= 0.3 is 0 Å². The fraction of sp³-hybridized carbons (Fsp3) is 0.333. The fourth-order valence-corrected chi connectivity index (χ4v) is 1.97. The molecule has 0 saturated heterocycles. The molecule has 1 aromatic heterocycles. The summed E-state index contributed by atoms with van der Waals surface area (Å²) in [6.07, 6.45) is 0. The first-order valence-electron chi connectivity index (χ1n) is 6.67. The van der Waals surface area contributed by atoms with Crippen molar-refractivity contribution in [3.05, 3.63) is 47.0 Å². The molecule has 1 heterocycles. The quantitative estimate of drug-likeness (QED) is 0.878. The lowest BCUT2D eigenvalue weighted by Gasteiger charge is -2.13. The van der Waals surface area contributed by atoms with Crippen LogP contribution < -0.4 is 10.6 Å². The highest BCUT2D eigenvalue weighted by Crippen LogP contribution is 2.20. The number of nitrogens with zero attached hydrogens (tertiary/aromatic N) is 2. The third-order valence-corrected chi connectivity index (χ3v) is 2.95. The van der Waals surface area contributed by atoms with Crippen molar-refractivity contribution < 1.29 is 4.39 Å². The molecule has 0 aliphatic rings. The smallest absolute Gasteiger partial charge is 0.135 e. The Labute approximate surface area is 118 Å². The van der Waals surface area contributed by atoms with Crippen molar-refractivity contribution in [1.82, 2.24) is 9.97 Å². The number of hydrogen-bond acceptors (Lipinski definition) is 4. The van der Waals surface area contributed by atoms with Gasteiger partial charge in [0.05, 0.1) is 0 Å². The van der Waals surface area contributed by atoms with Gasteiger partial charge in [-0.1, -0.05) is 12.1 Å². The van der Waals surface area contributed by atoms with Gasteiger partial charge in [0.25, 0.3) is 0 Å². The summed E-state index contributed by atoms with van der Waals surface area (Å²) in [6.45, 7) is 7.18. The van der Waals surface area contributed by atoms with Gasteiger partial charge in [-0.3, -0.25) is 0 Å². The Morgan fingerprint density at radius 2 is 1.80 bits per heavy atom. The van der Waals surface area contributed by atoms with Gasteiger partial charge in [-0.15, -0.1) is 0 Å². The zero-order chi connectivity index (χ0) is 14.5. The molecule has 106 valence electrons. The molecular formula is C15H19FN4. The van der Waals surface area contributed by atoms with E-state index in [1.54, 1.807) is 6.07 Å². The highest BCUT2D eigenvalue weighted by atomic mass is 19.1. The van der Waals surface area contributed by atoms with Crippen LogP contribution in [0.25, 0.3) is 0 Å². The number of benzene rings is 1. The number of rotatable bonds is 5. The van der Waals surface area contributed by atoms with Gasteiger partial charge in [0.2, 0.25) is 0 Å². The minimum atomic E-state index is -0.228. The molecule has 1 aromatic carbocycles. The molecule has 0 bridgehead atoms. The molecule has 2 N–H and O–H groups in total. The minimum Gasteiger partial charge on any atom is -0.370 e. The number of anilines is 2. The maximum absolute atomic E-state index is 13.1. The molecule has 0 amide bonds. The average Bonchev–Trinajstić information content (AvgIpc) is 2.41. The van der Waals surface area contributed by atoms with Crippen molar-refractivity contribution in [2.45, 2.75) is 27.3 Å². The van der Waals surface area contributed by atoms with Crippen molar-refractivity contribution in [2.75, 3.05) is 17.2 Å². The zero-order valence-corrected chi connectivity index (χ0v) is 12.0. The molecule has 4 nitrogen and oxygen atoms in total. The predicted molar refractivity (Wildman–Crippen MR) is 79.4 cm³/mol. The molecule has 0 spiro atoms. The molecule has 0 saturated carbocycles. The number of hydrogen-bond donors (Lipinski definition) is 2. The van der Waals surface area contributed by atoms with Crippen LogP contribution in [0.4, 0.5) is 16.0 Å². The molecule has 0 aliphatic carbocycles. The Morgan fingerprint density at radius 1 is 1.10 bits per heavy atom. The third-order valence-electron chi connectivity index (χ3n) is 2.95. The maximum atomic E-state index is 13.1. The lowest BCUT2D eigenvalue weighted by molar-refractivity contribution is 0.626. The summed E-state index contributed by atoms with van der Waals surface area (Å²) in [7, 11) is 0. The Kier molecular flexibility index (Phi) is 4.50. The Hall–Kier alpha value is -2.17. The van der Waals surface area contributed by atoms with Crippen LogP contribution in [0, 0.1) is 19.7 Å². The summed E-state index contributed by atoms with van der Waals surface area (Å²) in [4.78, 5) is 8.77. The van der Waals surface area contributed by atoms with Gasteiger partial charge in [-0.25, -0.2) is 14.4 Å². The normalized spacial score (nSPS) is 10.4. The Bertz CT molecular complexity index is 598. The van der Waals surface area contributed by atoms with Gasteiger partial charge in [0.15, 0.2) is 0 Å². The van der Waals surface area contributed by atoms with E-state index in [-0.39, 0.29) is 5.82 Å². The van der Waals surface area contributed by atoms with Crippen molar-refractivity contribution >= 4 is 11.6 Å². The lowest BCUT2D eigenvalue weighted by Crippen LogP contribution is -2.10. The number of aromatic nitrogens is 2. The molecule has 0 aliphatic heterocycles. The molecular weight excluding hydrogens is 255 g/mol. The highest BCUT2D eigenvalue weighted by molar-refractivity contribution is 5.57. The molecule has 5 heteroatoms. The molecule has 0 atom stereocenters. The SMILES string of the molecule is CCNc1nc(C)nc(NCc2cccc(F)c2)c1C. The largest absolute Gasteiger partial charge is 0.370 e. The lowest BCUT2D eigenvalue weighted by atomic mass is 10.2. The monoisotopic (exact) mass is 274 g/mol. The number of nitrogens with one attached hydrogen (secondary N) is 2. The van der Waals surface area contributed by atoms with Crippen LogP contribution in [0.1, 0.15) is 23.9 Å². The highest BCUT2D eigenvalue weighted by Gasteiger charge is 2.08. The van der Waals surface area contributed by atoms with E-state index in [9.17, 15) is 4.39 Å². The second-order valence-corrected chi connectivity index (χ2v) is 4.61. The van der Waals surface area contributed by atoms with Crippen LogP contribution >= 0.6 is 0 Å². The van der Waals surface area contributed by atoms with Crippen molar-refractivity contribution in [3.63, 3.8) is 0 Å². The molecule has 0 radical (unpaired) electrons.